The number of benzene rings is 1. The third kappa shape index (κ3) is 6.75. The van der Waals surface area contributed by atoms with Crippen LogP contribution >= 0.6 is 23.2 Å². The maximum Gasteiger partial charge on any atom is 0.283 e. The zero-order valence-corrected chi connectivity index (χ0v) is 25.5. The van der Waals surface area contributed by atoms with Crippen molar-refractivity contribution in [1.29, 1.82) is 0 Å². The summed E-state index contributed by atoms with van der Waals surface area (Å²) in [5.74, 6) is 0.583. The standard InChI is InChI=1S/C30H47Cl2N4O3/c1-34(2)29(38)30(12-14-33-15-13-30)36(16-5-4-6-17-36)18-9-25(24-7-8-26(31)27(32)21-24)22-35(3)28(37)23-10-19-39-20-11-23/h7-8,21,23,25,33H,4-6,9-20,22H2,1-3H3/q+1. The maximum atomic E-state index is 14.0. The van der Waals surface area contributed by atoms with E-state index in [2.05, 4.69) is 11.4 Å². The second kappa shape index (κ2) is 13.5. The number of halogens is 2. The van der Waals surface area contributed by atoms with Crippen LogP contribution in [0, 0.1) is 5.92 Å². The number of carbonyl (C=O) groups excluding carboxylic acids is 2. The lowest BCUT2D eigenvalue weighted by atomic mass is 9.79. The van der Waals surface area contributed by atoms with Crippen molar-refractivity contribution in [1.82, 2.24) is 15.1 Å². The van der Waals surface area contributed by atoms with E-state index in [0.717, 1.165) is 87.7 Å². The Morgan fingerprint density at radius 3 is 2.33 bits per heavy atom. The van der Waals surface area contributed by atoms with E-state index in [1.165, 1.54) is 6.42 Å². The van der Waals surface area contributed by atoms with Crippen molar-refractivity contribution in [3.05, 3.63) is 33.8 Å². The number of nitrogens with zero attached hydrogens (tertiary/aromatic N) is 3. The minimum atomic E-state index is -0.402. The fraction of sp³-hybridized carbons (Fsp3) is 0.733. The Morgan fingerprint density at radius 1 is 1.05 bits per heavy atom. The van der Waals surface area contributed by atoms with E-state index >= 15 is 0 Å². The molecule has 1 atom stereocenters. The minimum Gasteiger partial charge on any atom is -0.381 e. The molecule has 3 aliphatic rings. The first kappa shape index (κ1) is 30.6. The van der Waals surface area contributed by atoms with Crippen LogP contribution in [0.3, 0.4) is 0 Å². The van der Waals surface area contributed by atoms with Crippen molar-refractivity contribution in [3.63, 3.8) is 0 Å². The number of amides is 2. The van der Waals surface area contributed by atoms with Gasteiger partial charge >= 0.3 is 0 Å². The molecule has 7 nitrogen and oxygen atoms in total. The second-order valence-corrected chi connectivity index (χ2v) is 12.9. The first-order valence-electron chi connectivity index (χ1n) is 14.8. The summed E-state index contributed by atoms with van der Waals surface area (Å²) < 4.78 is 6.34. The van der Waals surface area contributed by atoms with E-state index in [9.17, 15) is 9.59 Å². The van der Waals surface area contributed by atoms with Gasteiger partial charge in [-0.2, -0.15) is 0 Å². The predicted molar refractivity (Wildman–Crippen MR) is 157 cm³/mol. The van der Waals surface area contributed by atoms with Crippen LogP contribution in [0.15, 0.2) is 18.2 Å². The van der Waals surface area contributed by atoms with Crippen LogP contribution in [0.5, 0.6) is 0 Å². The molecular formula is C30H47Cl2N4O3+. The molecular weight excluding hydrogens is 535 g/mol. The van der Waals surface area contributed by atoms with Crippen LogP contribution in [-0.2, 0) is 14.3 Å². The SMILES string of the molecule is CN(C)C(=O)C1([N+]2(CCC(CN(C)C(=O)C3CCOCC3)c3ccc(Cl)c(Cl)c3)CCCCC2)CCNCC1. The number of nitrogens with one attached hydrogen (secondary N) is 1. The van der Waals surface area contributed by atoms with Gasteiger partial charge in [-0.25, -0.2) is 0 Å². The van der Waals surface area contributed by atoms with Gasteiger partial charge < -0.3 is 24.3 Å². The van der Waals surface area contributed by atoms with Crippen LogP contribution in [-0.4, -0.2) is 105 Å². The molecule has 0 saturated carbocycles. The van der Waals surface area contributed by atoms with Crippen molar-refractivity contribution >= 4 is 35.0 Å². The lowest BCUT2D eigenvalue weighted by molar-refractivity contribution is -0.972. The fourth-order valence-corrected chi connectivity index (χ4v) is 7.65. The highest BCUT2D eigenvalue weighted by atomic mass is 35.5. The van der Waals surface area contributed by atoms with Crippen molar-refractivity contribution < 1.29 is 18.8 Å². The summed E-state index contributed by atoms with van der Waals surface area (Å²) in [5.41, 5.74) is 0.700. The number of likely N-dealkylation sites (N-methyl/N-ethyl adjacent to an activating group) is 2. The molecule has 1 aromatic carbocycles. The summed E-state index contributed by atoms with van der Waals surface area (Å²) in [7, 11) is 5.74. The highest BCUT2D eigenvalue weighted by molar-refractivity contribution is 6.42. The van der Waals surface area contributed by atoms with E-state index < -0.39 is 5.54 Å². The van der Waals surface area contributed by atoms with Gasteiger partial charge in [0.15, 0.2) is 5.54 Å². The summed E-state index contributed by atoms with van der Waals surface area (Å²) in [4.78, 5) is 31.1. The fourth-order valence-electron chi connectivity index (χ4n) is 7.34. The van der Waals surface area contributed by atoms with Gasteiger partial charge in [-0.3, -0.25) is 9.59 Å². The third-order valence-corrected chi connectivity index (χ3v) is 10.3. The minimum absolute atomic E-state index is 0.0226. The summed E-state index contributed by atoms with van der Waals surface area (Å²) in [6.45, 7) is 6.63. The Labute approximate surface area is 244 Å². The number of carbonyl (C=O) groups is 2. The molecule has 1 unspecified atom stereocenters. The van der Waals surface area contributed by atoms with E-state index in [0.29, 0.717) is 29.8 Å². The Bertz CT molecular complexity index is 986. The van der Waals surface area contributed by atoms with Gasteiger partial charge in [-0.1, -0.05) is 29.3 Å². The number of rotatable bonds is 9. The summed E-state index contributed by atoms with van der Waals surface area (Å²) >= 11 is 12.8. The van der Waals surface area contributed by atoms with Crippen molar-refractivity contribution in [3.8, 4) is 0 Å². The van der Waals surface area contributed by atoms with Gasteiger partial charge in [-0.15, -0.1) is 0 Å². The van der Waals surface area contributed by atoms with Gasteiger partial charge in [0.1, 0.15) is 0 Å². The molecule has 0 bridgehead atoms. The molecule has 3 saturated heterocycles. The number of piperidine rings is 2. The smallest absolute Gasteiger partial charge is 0.283 e. The molecule has 1 aromatic rings. The summed E-state index contributed by atoms with van der Waals surface area (Å²) in [6.07, 6.45) is 7.69. The lowest BCUT2D eigenvalue weighted by Crippen LogP contribution is -2.74. The normalized spacial score (nSPS) is 22.2. The molecule has 3 fully saturated rings. The molecule has 0 spiro atoms. The van der Waals surface area contributed by atoms with Gasteiger partial charge in [0.25, 0.3) is 5.91 Å². The van der Waals surface area contributed by atoms with Crippen molar-refractivity contribution in [2.45, 2.75) is 62.8 Å². The van der Waals surface area contributed by atoms with E-state index in [4.69, 9.17) is 27.9 Å². The van der Waals surface area contributed by atoms with Crippen molar-refractivity contribution in [2.24, 2.45) is 5.92 Å². The first-order valence-corrected chi connectivity index (χ1v) is 15.5. The lowest BCUT2D eigenvalue weighted by Gasteiger charge is -2.56. The monoisotopic (exact) mass is 581 g/mol. The Hall–Kier alpha value is -1.38. The van der Waals surface area contributed by atoms with Crippen LogP contribution in [0.4, 0.5) is 0 Å². The molecule has 3 aliphatic heterocycles. The summed E-state index contributed by atoms with van der Waals surface area (Å²) in [5, 5.41) is 4.58. The van der Waals surface area contributed by atoms with Crippen LogP contribution < -0.4 is 5.32 Å². The number of likely N-dealkylation sites (tertiary alicyclic amines) is 1. The molecule has 4 rings (SSSR count). The quantitative estimate of drug-likeness (QED) is 0.434. The highest BCUT2D eigenvalue weighted by Gasteiger charge is 2.57. The predicted octanol–water partition coefficient (Wildman–Crippen LogP) is 4.56. The first-order chi connectivity index (χ1) is 18.7. The number of hydrogen-bond acceptors (Lipinski definition) is 4. The molecule has 0 radical (unpaired) electrons. The molecule has 1 N–H and O–H groups in total. The van der Waals surface area contributed by atoms with Gasteiger partial charge in [-0.05, 0) is 49.8 Å². The topological polar surface area (TPSA) is 61.9 Å². The van der Waals surface area contributed by atoms with E-state index in [-0.39, 0.29) is 23.7 Å². The van der Waals surface area contributed by atoms with Crippen molar-refractivity contribution in [2.75, 3.05) is 73.6 Å². The molecule has 9 heteroatoms. The van der Waals surface area contributed by atoms with Gasteiger partial charge in [0.2, 0.25) is 5.91 Å². The van der Waals surface area contributed by atoms with Crippen LogP contribution in [0.1, 0.15) is 62.8 Å². The van der Waals surface area contributed by atoms with E-state index in [1.54, 1.807) is 0 Å². The van der Waals surface area contributed by atoms with Crippen LogP contribution in [0.2, 0.25) is 10.0 Å². The molecule has 218 valence electrons. The number of quaternary nitrogens is 1. The maximum absolute atomic E-state index is 14.0. The largest absolute Gasteiger partial charge is 0.381 e. The third-order valence-electron chi connectivity index (χ3n) is 9.58. The number of hydrogen-bond donors (Lipinski definition) is 1. The van der Waals surface area contributed by atoms with Gasteiger partial charge in [0, 0.05) is 85.1 Å². The molecule has 39 heavy (non-hydrogen) atoms. The molecule has 3 heterocycles. The van der Waals surface area contributed by atoms with Gasteiger partial charge in [0.05, 0.1) is 29.7 Å². The zero-order valence-electron chi connectivity index (χ0n) is 24.0. The average molecular weight is 583 g/mol. The summed E-state index contributed by atoms with van der Waals surface area (Å²) in [6, 6.07) is 5.88. The number of ether oxygens (including phenoxy) is 1. The Morgan fingerprint density at radius 2 is 1.72 bits per heavy atom. The highest BCUT2D eigenvalue weighted by Crippen LogP contribution is 2.40. The second-order valence-electron chi connectivity index (χ2n) is 12.1. The van der Waals surface area contributed by atoms with Crippen LogP contribution in [0.25, 0.3) is 0 Å². The molecule has 2 amide bonds. The average Bonchev–Trinajstić information content (AvgIpc) is 2.97. The Kier molecular flexibility index (Phi) is 10.6. The Balaban J connectivity index is 1.62. The zero-order chi connectivity index (χ0) is 28.0. The molecule has 0 aromatic heterocycles. The molecule has 0 aliphatic carbocycles. The van der Waals surface area contributed by atoms with E-state index in [1.807, 2.05) is 43.1 Å².